The van der Waals surface area contributed by atoms with Crippen LogP contribution in [0.1, 0.15) is 5.69 Å². The summed E-state index contributed by atoms with van der Waals surface area (Å²) in [4.78, 5) is 7.17. The number of hydrogen-bond donors (Lipinski definition) is 1. The van der Waals surface area contributed by atoms with E-state index in [0.717, 1.165) is 35.7 Å². The van der Waals surface area contributed by atoms with Crippen molar-refractivity contribution >= 4 is 11.3 Å². The number of ether oxygens (including phenoxy) is 4. The summed E-state index contributed by atoms with van der Waals surface area (Å²) >= 11 is 0. The Labute approximate surface area is 177 Å². The van der Waals surface area contributed by atoms with Gasteiger partial charge in [0, 0.05) is 51.3 Å². The second-order valence-corrected chi connectivity index (χ2v) is 6.93. The molecule has 0 aliphatic heterocycles. The molecule has 0 unspecified atom stereocenters. The lowest BCUT2D eigenvalue weighted by Crippen LogP contribution is -2.31. The maximum absolute atomic E-state index is 6.08. The number of hydrogen-bond acceptors (Lipinski definition) is 7. The second-order valence-electron chi connectivity index (χ2n) is 6.93. The third-order valence-corrected chi connectivity index (χ3v) is 4.99. The molecule has 2 heterocycles. The Morgan fingerprint density at radius 3 is 2.27 bits per heavy atom. The molecule has 2 aromatic heterocycles. The second kappa shape index (κ2) is 10.3. The van der Waals surface area contributed by atoms with Crippen LogP contribution < -0.4 is 15.2 Å². The molecule has 8 nitrogen and oxygen atoms in total. The highest BCUT2D eigenvalue weighted by molar-refractivity contribution is 5.70. The molecule has 162 valence electrons. The summed E-state index contributed by atoms with van der Waals surface area (Å²) in [6, 6.07) is 9.62. The van der Waals surface area contributed by atoms with Gasteiger partial charge in [-0.1, -0.05) is 0 Å². The predicted molar refractivity (Wildman–Crippen MR) is 117 cm³/mol. The topological polar surface area (TPSA) is 83.5 Å². The highest BCUT2D eigenvalue weighted by Gasteiger charge is 2.19. The molecular formula is C22H30N4O4. The van der Waals surface area contributed by atoms with Crippen molar-refractivity contribution < 1.29 is 18.9 Å². The third kappa shape index (κ3) is 4.84. The highest BCUT2D eigenvalue weighted by Crippen LogP contribution is 2.34. The Balaban J connectivity index is 2.08. The first-order valence-electron chi connectivity index (χ1n) is 9.80. The van der Waals surface area contributed by atoms with Gasteiger partial charge in [0.2, 0.25) is 0 Å². The monoisotopic (exact) mass is 414 g/mol. The van der Waals surface area contributed by atoms with Crippen molar-refractivity contribution in [3.05, 3.63) is 42.2 Å². The number of nitrogen functional groups attached to an aromatic ring is 1. The van der Waals surface area contributed by atoms with Gasteiger partial charge in [-0.15, -0.1) is 0 Å². The van der Waals surface area contributed by atoms with E-state index in [0.29, 0.717) is 36.9 Å². The van der Waals surface area contributed by atoms with Crippen LogP contribution in [0.2, 0.25) is 0 Å². The molecule has 0 spiro atoms. The summed E-state index contributed by atoms with van der Waals surface area (Å²) < 4.78 is 23.5. The summed E-state index contributed by atoms with van der Waals surface area (Å²) in [6.07, 6.45) is 1.91. The van der Waals surface area contributed by atoms with E-state index in [1.807, 2.05) is 40.9 Å². The minimum absolute atomic E-state index is 0.633. The van der Waals surface area contributed by atoms with Crippen molar-refractivity contribution in [1.29, 1.82) is 0 Å². The molecule has 0 atom stereocenters. The van der Waals surface area contributed by atoms with Crippen LogP contribution >= 0.6 is 0 Å². The van der Waals surface area contributed by atoms with E-state index in [9.17, 15) is 0 Å². The van der Waals surface area contributed by atoms with E-state index in [-0.39, 0.29) is 0 Å². The fraction of sp³-hybridized carbons (Fsp3) is 0.409. The van der Waals surface area contributed by atoms with Crippen LogP contribution in [0.4, 0.5) is 5.69 Å². The van der Waals surface area contributed by atoms with E-state index >= 15 is 0 Å². The van der Waals surface area contributed by atoms with Crippen molar-refractivity contribution in [3.63, 3.8) is 0 Å². The van der Waals surface area contributed by atoms with E-state index in [2.05, 4.69) is 4.90 Å². The molecule has 0 saturated heterocycles. The number of fused-ring (bicyclic) bond motifs is 1. The summed E-state index contributed by atoms with van der Waals surface area (Å²) in [7, 11) is 6.67. The fourth-order valence-corrected chi connectivity index (χ4v) is 3.40. The van der Waals surface area contributed by atoms with E-state index in [1.54, 1.807) is 28.4 Å². The Hall–Kier alpha value is -2.81. The number of imidazole rings is 1. The first kappa shape index (κ1) is 21.9. The van der Waals surface area contributed by atoms with E-state index in [1.165, 1.54) is 0 Å². The zero-order valence-corrected chi connectivity index (χ0v) is 18.1. The maximum Gasteiger partial charge on any atom is 0.161 e. The van der Waals surface area contributed by atoms with Gasteiger partial charge in [-0.25, -0.2) is 4.98 Å². The molecule has 3 rings (SSSR count). The molecule has 3 aromatic rings. The number of nitrogens with zero attached hydrogens (tertiary/aromatic N) is 3. The van der Waals surface area contributed by atoms with Gasteiger partial charge in [0.05, 0.1) is 38.8 Å². The molecule has 1 aromatic carbocycles. The smallest absolute Gasteiger partial charge is 0.161 e. The summed E-state index contributed by atoms with van der Waals surface area (Å²) in [6.45, 7) is 3.49. The van der Waals surface area contributed by atoms with Crippen LogP contribution in [0, 0.1) is 0 Å². The molecule has 0 amide bonds. The zero-order valence-electron chi connectivity index (χ0n) is 18.1. The molecule has 0 radical (unpaired) electrons. The van der Waals surface area contributed by atoms with Crippen LogP contribution in [0.3, 0.4) is 0 Å². The van der Waals surface area contributed by atoms with Crippen LogP contribution in [0.15, 0.2) is 36.5 Å². The summed E-state index contributed by atoms with van der Waals surface area (Å²) in [5.41, 5.74) is 10.5. The number of pyridine rings is 1. The minimum Gasteiger partial charge on any atom is -0.493 e. The standard InChI is InChI=1S/C22H30N4O4/c1-27-11-9-25(10-12-28-2)15-18-22(24-21-8-6-17(23)14-26(18)21)16-5-7-19(29-3)20(13-16)30-4/h5-8,13-14H,9-12,15,23H2,1-4H3. The zero-order chi connectivity index (χ0) is 21.5. The van der Waals surface area contributed by atoms with Gasteiger partial charge < -0.3 is 29.1 Å². The maximum atomic E-state index is 6.08. The average Bonchev–Trinajstić information content (AvgIpc) is 3.12. The van der Waals surface area contributed by atoms with E-state index < -0.39 is 0 Å². The lowest BCUT2D eigenvalue weighted by molar-refractivity contribution is 0.109. The number of nitrogens with two attached hydrogens (primary N) is 1. The lowest BCUT2D eigenvalue weighted by atomic mass is 10.1. The van der Waals surface area contributed by atoms with Crippen molar-refractivity contribution in [2.45, 2.75) is 6.54 Å². The molecule has 0 bridgehead atoms. The molecule has 2 N–H and O–H groups in total. The van der Waals surface area contributed by atoms with E-state index in [4.69, 9.17) is 29.7 Å². The first-order chi connectivity index (χ1) is 14.6. The quantitative estimate of drug-likeness (QED) is 0.516. The molecule has 30 heavy (non-hydrogen) atoms. The van der Waals surface area contributed by atoms with Crippen LogP contribution in [-0.4, -0.2) is 69.0 Å². The largest absolute Gasteiger partial charge is 0.493 e. The number of aromatic nitrogens is 2. The fourth-order valence-electron chi connectivity index (χ4n) is 3.40. The minimum atomic E-state index is 0.633. The molecule has 8 heteroatoms. The number of anilines is 1. The van der Waals surface area contributed by atoms with Gasteiger partial charge >= 0.3 is 0 Å². The van der Waals surface area contributed by atoms with Gasteiger partial charge in [0.1, 0.15) is 5.65 Å². The van der Waals surface area contributed by atoms with Crippen molar-refractivity contribution in [2.75, 3.05) is 60.5 Å². The average molecular weight is 415 g/mol. The number of benzene rings is 1. The van der Waals surface area contributed by atoms with Crippen LogP contribution in [0.25, 0.3) is 16.9 Å². The third-order valence-electron chi connectivity index (χ3n) is 4.99. The Kier molecular flexibility index (Phi) is 7.51. The SMILES string of the molecule is COCCN(CCOC)Cc1c(-c2ccc(OC)c(OC)c2)nc2ccc(N)cn12. The van der Waals surface area contributed by atoms with Crippen molar-refractivity contribution in [3.8, 4) is 22.8 Å². The Bertz CT molecular complexity index is 965. The normalized spacial score (nSPS) is 11.4. The van der Waals surface area contributed by atoms with Gasteiger partial charge in [-0.3, -0.25) is 4.90 Å². The molecule has 0 saturated carbocycles. The van der Waals surface area contributed by atoms with Gasteiger partial charge in [0.15, 0.2) is 11.5 Å². The van der Waals surface area contributed by atoms with Crippen molar-refractivity contribution in [2.24, 2.45) is 0 Å². The molecule has 0 fully saturated rings. The van der Waals surface area contributed by atoms with Crippen molar-refractivity contribution in [1.82, 2.24) is 14.3 Å². The summed E-state index contributed by atoms with van der Waals surface area (Å²) in [5.74, 6) is 1.34. The molecule has 0 aliphatic carbocycles. The Morgan fingerprint density at radius 1 is 0.933 bits per heavy atom. The molecular weight excluding hydrogens is 384 g/mol. The van der Waals surface area contributed by atoms with Gasteiger partial charge in [0.25, 0.3) is 0 Å². The number of methoxy groups -OCH3 is 4. The van der Waals surface area contributed by atoms with Gasteiger partial charge in [-0.2, -0.15) is 0 Å². The summed E-state index contributed by atoms with van der Waals surface area (Å²) in [5, 5.41) is 0. The lowest BCUT2D eigenvalue weighted by Gasteiger charge is -2.22. The first-order valence-corrected chi connectivity index (χ1v) is 9.80. The molecule has 0 aliphatic rings. The van der Waals surface area contributed by atoms with Gasteiger partial charge in [-0.05, 0) is 30.3 Å². The Morgan fingerprint density at radius 2 is 1.63 bits per heavy atom. The number of rotatable bonds is 11. The highest BCUT2D eigenvalue weighted by atomic mass is 16.5. The van der Waals surface area contributed by atoms with Crippen LogP contribution in [0.5, 0.6) is 11.5 Å². The van der Waals surface area contributed by atoms with Crippen LogP contribution in [-0.2, 0) is 16.0 Å². The predicted octanol–water partition coefficient (Wildman–Crippen LogP) is 2.70.